The maximum atomic E-state index is 12.1. The molecule has 0 radical (unpaired) electrons. The average Bonchev–Trinajstić information content (AvgIpc) is 2.71. The highest BCUT2D eigenvalue weighted by atomic mass is 16.7. The van der Waals surface area contributed by atoms with E-state index in [0.29, 0.717) is 6.54 Å². The third-order valence-corrected chi connectivity index (χ3v) is 3.61. The van der Waals surface area contributed by atoms with Gasteiger partial charge in [0.1, 0.15) is 12.6 Å². The van der Waals surface area contributed by atoms with E-state index in [1.54, 1.807) is 4.90 Å². The molecule has 2 aliphatic rings. The molecule has 1 atom stereocenters. The normalized spacial score (nSPS) is 22.8. The third-order valence-electron chi connectivity index (χ3n) is 3.61. The minimum atomic E-state index is -0.314. The molecule has 2 heterocycles. The van der Waals surface area contributed by atoms with E-state index >= 15 is 0 Å². The molecule has 2 aliphatic heterocycles. The van der Waals surface area contributed by atoms with Crippen LogP contribution in [0, 0.1) is 0 Å². The lowest BCUT2D eigenvalue weighted by molar-refractivity contribution is -0.167. The second-order valence-corrected chi connectivity index (χ2v) is 4.88. The predicted molar refractivity (Wildman–Crippen MR) is 67.8 cm³/mol. The number of hydrogen-bond acceptors (Lipinski definition) is 3. The van der Waals surface area contributed by atoms with Crippen LogP contribution in [0.1, 0.15) is 24.8 Å². The third kappa shape index (κ3) is 2.21. The lowest BCUT2D eigenvalue weighted by Crippen LogP contribution is -2.38. The number of imide groups is 1. The maximum absolute atomic E-state index is 12.1. The van der Waals surface area contributed by atoms with Gasteiger partial charge in [-0.05, 0) is 24.8 Å². The van der Waals surface area contributed by atoms with Gasteiger partial charge >= 0.3 is 6.03 Å². The first-order valence-electron chi connectivity index (χ1n) is 6.59. The summed E-state index contributed by atoms with van der Waals surface area (Å²) in [6.07, 6.45) is 2.70. The van der Waals surface area contributed by atoms with Crippen LogP contribution in [0.3, 0.4) is 0 Å². The molecule has 100 valence electrons. The number of benzene rings is 1. The predicted octanol–water partition coefficient (Wildman–Crippen LogP) is 1.93. The van der Waals surface area contributed by atoms with Gasteiger partial charge in [0, 0.05) is 6.54 Å². The number of hydroxylamine groups is 2. The Morgan fingerprint density at radius 3 is 2.68 bits per heavy atom. The van der Waals surface area contributed by atoms with E-state index in [9.17, 15) is 9.59 Å². The second kappa shape index (κ2) is 5.01. The molecule has 0 N–H and O–H groups in total. The molecule has 19 heavy (non-hydrogen) atoms. The van der Waals surface area contributed by atoms with Crippen LogP contribution in [0.15, 0.2) is 30.3 Å². The molecule has 0 saturated carbocycles. The summed E-state index contributed by atoms with van der Waals surface area (Å²) in [5.41, 5.74) is 0.938. The molecule has 3 amide bonds. The van der Waals surface area contributed by atoms with Gasteiger partial charge in [-0.3, -0.25) is 9.63 Å². The molecular weight excluding hydrogens is 244 g/mol. The number of piperidine rings is 1. The van der Waals surface area contributed by atoms with Crippen molar-refractivity contribution >= 4 is 11.9 Å². The minimum absolute atomic E-state index is 0.222. The fourth-order valence-electron chi connectivity index (χ4n) is 2.60. The van der Waals surface area contributed by atoms with Crippen LogP contribution in [-0.4, -0.2) is 34.5 Å². The Morgan fingerprint density at radius 1 is 1.16 bits per heavy atom. The zero-order valence-electron chi connectivity index (χ0n) is 10.6. The molecule has 1 aromatic rings. The standard InChI is InChI=1S/C14H16N2O3/c17-13-12-8-4-5-9-15(12)14(18)16(13)19-10-11-6-2-1-3-7-11/h1-3,6-7,12H,4-5,8-10H2. The summed E-state index contributed by atoms with van der Waals surface area (Å²) in [5, 5.41) is 0.934. The van der Waals surface area contributed by atoms with Crippen molar-refractivity contribution in [1.29, 1.82) is 0 Å². The van der Waals surface area contributed by atoms with Crippen molar-refractivity contribution in [2.75, 3.05) is 6.54 Å². The van der Waals surface area contributed by atoms with E-state index in [1.165, 1.54) is 0 Å². The van der Waals surface area contributed by atoms with Crippen LogP contribution in [0.5, 0.6) is 0 Å². The lowest BCUT2D eigenvalue weighted by atomic mass is 10.0. The first kappa shape index (κ1) is 12.2. The van der Waals surface area contributed by atoms with E-state index in [1.807, 2.05) is 30.3 Å². The van der Waals surface area contributed by atoms with Gasteiger partial charge in [-0.15, -0.1) is 5.06 Å². The van der Waals surface area contributed by atoms with Crippen molar-refractivity contribution in [3.05, 3.63) is 35.9 Å². The number of hydrogen-bond donors (Lipinski definition) is 0. The van der Waals surface area contributed by atoms with E-state index in [4.69, 9.17) is 4.84 Å². The Bertz CT molecular complexity index is 465. The smallest absolute Gasteiger partial charge is 0.310 e. The SMILES string of the molecule is O=C1C2CCCCN2C(=O)N1OCc1ccccc1. The highest BCUT2D eigenvalue weighted by Gasteiger charge is 2.46. The molecule has 2 saturated heterocycles. The van der Waals surface area contributed by atoms with Crippen molar-refractivity contribution in [3.63, 3.8) is 0 Å². The fraction of sp³-hybridized carbons (Fsp3) is 0.429. The molecule has 0 bridgehead atoms. The monoisotopic (exact) mass is 260 g/mol. The number of amides is 3. The molecule has 1 unspecified atom stereocenters. The van der Waals surface area contributed by atoms with E-state index < -0.39 is 0 Å². The molecule has 5 heteroatoms. The van der Waals surface area contributed by atoms with Gasteiger partial charge in [-0.25, -0.2) is 4.79 Å². The first-order chi connectivity index (χ1) is 9.27. The molecule has 5 nitrogen and oxygen atoms in total. The van der Waals surface area contributed by atoms with Crippen LogP contribution >= 0.6 is 0 Å². The van der Waals surface area contributed by atoms with E-state index in [2.05, 4.69) is 0 Å². The summed E-state index contributed by atoms with van der Waals surface area (Å²) >= 11 is 0. The van der Waals surface area contributed by atoms with Gasteiger partial charge < -0.3 is 4.90 Å². The van der Waals surface area contributed by atoms with Crippen LogP contribution in [-0.2, 0) is 16.2 Å². The largest absolute Gasteiger partial charge is 0.352 e. The van der Waals surface area contributed by atoms with E-state index in [0.717, 1.165) is 29.9 Å². The van der Waals surface area contributed by atoms with Crippen molar-refractivity contribution in [1.82, 2.24) is 9.96 Å². The van der Waals surface area contributed by atoms with Gasteiger partial charge in [-0.1, -0.05) is 30.3 Å². The number of fused-ring (bicyclic) bond motifs is 1. The number of nitrogens with zero attached hydrogens (tertiary/aromatic N) is 2. The number of rotatable bonds is 3. The summed E-state index contributed by atoms with van der Waals surface area (Å²) in [5.74, 6) is -0.222. The zero-order valence-corrected chi connectivity index (χ0v) is 10.6. The van der Waals surface area contributed by atoms with Crippen molar-refractivity contribution < 1.29 is 14.4 Å². The summed E-state index contributed by atoms with van der Waals surface area (Å²) in [6.45, 7) is 0.888. The minimum Gasteiger partial charge on any atom is -0.310 e. The van der Waals surface area contributed by atoms with Crippen LogP contribution in [0.2, 0.25) is 0 Å². The van der Waals surface area contributed by atoms with Crippen molar-refractivity contribution in [2.24, 2.45) is 0 Å². The molecule has 3 rings (SSSR count). The van der Waals surface area contributed by atoms with Gasteiger partial charge in [0.05, 0.1) is 0 Å². The Morgan fingerprint density at radius 2 is 1.95 bits per heavy atom. The molecule has 0 aliphatic carbocycles. The molecular formula is C14H16N2O3. The fourth-order valence-corrected chi connectivity index (χ4v) is 2.60. The summed E-state index contributed by atoms with van der Waals surface area (Å²) in [7, 11) is 0. The Labute approximate surface area is 111 Å². The summed E-state index contributed by atoms with van der Waals surface area (Å²) < 4.78 is 0. The molecule has 2 fully saturated rings. The quantitative estimate of drug-likeness (QED) is 0.780. The van der Waals surface area contributed by atoms with Gasteiger partial charge in [-0.2, -0.15) is 0 Å². The Kier molecular flexibility index (Phi) is 3.21. The van der Waals surface area contributed by atoms with Crippen LogP contribution in [0.25, 0.3) is 0 Å². The van der Waals surface area contributed by atoms with Crippen LogP contribution < -0.4 is 0 Å². The number of carbonyl (C=O) groups excluding carboxylic acids is 2. The average molecular weight is 260 g/mol. The molecule has 1 aromatic carbocycles. The molecule has 0 spiro atoms. The summed E-state index contributed by atoms with van der Waals surface area (Å²) in [6, 6.07) is 8.89. The van der Waals surface area contributed by atoms with E-state index in [-0.39, 0.29) is 24.6 Å². The lowest BCUT2D eigenvalue weighted by Gasteiger charge is -2.25. The zero-order chi connectivity index (χ0) is 13.2. The van der Waals surface area contributed by atoms with Gasteiger partial charge in [0.25, 0.3) is 5.91 Å². The van der Waals surface area contributed by atoms with Crippen molar-refractivity contribution in [3.8, 4) is 0 Å². The Hall–Kier alpha value is -1.88. The highest BCUT2D eigenvalue weighted by Crippen LogP contribution is 2.27. The van der Waals surface area contributed by atoms with Crippen LogP contribution in [0.4, 0.5) is 4.79 Å². The van der Waals surface area contributed by atoms with Gasteiger partial charge in [0.15, 0.2) is 0 Å². The maximum Gasteiger partial charge on any atom is 0.352 e. The number of urea groups is 1. The van der Waals surface area contributed by atoms with Gasteiger partial charge in [0.2, 0.25) is 0 Å². The summed E-state index contributed by atoms with van der Waals surface area (Å²) in [4.78, 5) is 31.2. The molecule has 0 aromatic heterocycles. The van der Waals surface area contributed by atoms with Crippen molar-refractivity contribution in [2.45, 2.75) is 31.9 Å². The number of carbonyl (C=O) groups is 2. The second-order valence-electron chi connectivity index (χ2n) is 4.88. The highest BCUT2D eigenvalue weighted by molar-refractivity contribution is 6.03. The Balaban J connectivity index is 1.68. The topological polar surface area (TPSA) is 49.9 Å². The first-order valence-corrected chi connectivity index (χ1v) is 6.59.